The van der Waals surface area contributed by atoms with Crippen LogP contribution in [0.3, 0.4) is 0 Å². The third kappa shape index (κ3) is 3.39. The van der Waals surface area contributed by atoms with E-state index in [1.54, 1.807) is 0 Å². The van der Waals surface area contributed by atoms with Crippen LogP contribution in [0.15, 0.2) is 24.3 Å². The molecule has 0 radical (unpaired) electrons. The Bertz CT molecular complexity index is 510. The third-order valence-electron chi connectivity index (χ3n) is 5.13. The summed E-state index contributed by atoms with van der Waals surface area (Å²) < 4.78 is 0. The van der Waals surface area contributed by atoms with E-state index < -0.39 is 0 Å². The molecular weight excluding hydrogens is 260 g/mol. The zero-order valence-electron chi connectivity index (χ0n) is 13.7. The number of nitrogens with zero attached hydrogens (tertiary/aromatic N) is 1. The molecule has 0 heterocycles. The average molecular weight is 288 g/mol. The molecule has 21 heavy (non-hydrogen) atoms. The van der Waals surface area contributed by atoms with E-state index >= 15 is 0 Å². The van der Waals surface area contributed by atoms with Crippen LogP contribution in [0.4, 0.5) is 5.69 Å². The van der Waals surface area contributed by atoms with Crippen LogP contribution in [-0.2, 0) is 4.79 Å². The van der Waals surface area contributed by atoms with Crippen LogP contribution in [0.1, 0.15) is 58.1 Å². The lowest BCUT2D eigenvalue weighted by Gasteiger charge is -2.40. The van der Waals surface area contributed by atoms with Gasteiger partial charge in [-0.3, -0.25) is 4.79 Å². The molecule has 1 amide bonds. The molecule has 2 N–H and O–H groups in total. The average Bonchev–Trinajstić information content (AvgIpc) is 2.44. The fourth-order valence-corrected chi connectivity index (χ4v) is 3.43. The zero-order chi connectivity index (χ0) is 15.6. The van der Waals surface area contributed by atoms with Crippen LogP contribution in [0, 0.1) is 11.3 Å². The van der Waals surface area contributed by atoms with Crippen LogP contribution in [-0.4, -0.2) is 17.9 Å². The molecule has 1 saturated carbocycles. The van der Waals surface area contributed by atoms with Crippen molar-refractivity contribution in [1.29, 1.82) is 0 Å². The predicted octanol–water partition coefficient (Wildman–Crippen LogP) is 4.00. The molecule has 3 heteroatoms. The van der Waals surface area contributed by atoms with Gasteiger partial charge in [0.25, 0.3) is 0 Å². The SMILES string of the molecule is CC(c1cccc(N)c1)N(C)C(=O)C1CCCCC1(C)C. The number of nitrogen functional groups attached to an aromatic ring is 1. The normalized spacial score (nSPS) is 22.6. The molecule has 0 saturated heterocycles. The summed E-state index contributed by atoms with van der Waals surface area (Å²) in [5, 5.41) is 0. The summed E-state index contributed by atoms with van der Waals surface area (Å²) in [5.74, 6) is 0.411. The zero-order valence-corrected chi connectivity index (χ0v) is 13.7. The molecule has 2 rings (SSSR count). The molecule has 0 aromatic heterocycles. The van der Waals surface area contributed by atoms with Crippen molar-refractivity contribution in [3.63, 3.8) is 0 Å². The Labute approximate surface area is 128 Å². The van der Waals surface area contributed by atoms with Gasteiger partial charge in [-0.2, -0.15) is 0 Å². The van der Waals surface area contributed by atoms with Crippen molar-refractivity contribution >= 4 is 11.6 Å². The van der Waals surface area contributed by atoms with Gasteiger partial charge in [0.05, 0.1) is 6.04 Å². The Morgan fingerprint density at radius 2 is 2.10 bits per heavy atom. The lowest BCUT2D eigenvalue weighted by Crippen LogP contribution is -2.42. The predicted molar refractivity (Wildman–Crippen MR) is 87.8 cm³/mol. The second-order valence-electron chi connectivity index (χ2n) is 7.08. The summed E-state index contributed by atoms with van der Waals surface area (Å²) in [7, 11) is 1.92. The van der Waals surface area contributed by atoms with Crippen molar-refractivity contribution < 1.29 is 4.79 Å². The van der Waals surface area contributed by atoms with Gasteiger partial charge >= 0.3 is 0 Å². The standard InChI is InChI=1S/C18H28N2O/c1-13(14-8-7-9-15(19)12-14)20(4)17(21)16-10-5-6-11-18(16,2)3/h7-9,12-13,16H,5-6,10-11,19H2,1-4H3. The summed E-state index contributed by atoms with van der Waals surface area (Å²) in [6, 6.07) is 7.88. The molecule has 1 aliphatic carbocycles. The third-order valence-corrected chi connectivity index (χ3v) is 5.13. The van der Waals surface area contributed by atoms with Crippen molar-refractivity contribution in [2.75, 3.05) is 12.8 Å². The van der Waals surface area contributed by atoms with Crippen LogP contribution in [0.2, 0.25) is 0 Å². The second kappa shape index (κ2) is 6.08. The lowest BCUT2D eigenvalue weighted by atomic mass is 9.68. The minimum Gasteiger partial charge on any atom is -0.399 e. The first-order valence-electron chi connectivity index (χ1n) is 7.95. The number of rotatable bonds is 3. The van der Waals surface area contributed by atoms with Crippen molar-refractivity contribution in [3.8, 4) is 0 Å². The monoisotopic (exact) mass is 288 g/mol. The number of carbonyl (C=O) groups is 1. The highest BCUT2D eigenvalue weighted by Gasteiger charge is 2.39. The number of hydrogen-bond donors (Lipinski definition) is 1. The van der Waals surface area contributed by atoms with Gasteiger partial charge in [0.2, 0.25) is 5.91 Å². The maximum Gasteiger partial charge on any atom is 0.226 e. The lowest BCUT2D eigenvalue weighted by molar-refractivity contribution is -0.141. The van der Waals surface area contributed by atoms with Crippen molar-refractivity contribution in [2.45, 2.75) is 52.5 Å². The molecule has 2 atom stereocenters. The summed E-state index contributed by atoms with van der Waals surface area (Å²) >= 11 is 0. The second-order valence-corrected chi connectivity index (χ2v) is 7.08. The molecule has 1 aliphatic rings. The summed E-state index contributed by atoms with van der Waals surface area (Å²) in [6.07, 6.45) is 4.56. The van der Waals surface area contributed by atoms with E-state index in [2.05, 4.69) is 20.8 Å². The fraction of sp³-hybridized carbons (Fsp3) is 0.611. The highest BCUT2D eigenvalue weighted by atomic mass is 16.2. The Balaban J connectivity index is 2.15. The first kappa shape index (κ1) is 15.9. The first-order chi connectivity index (χ1) is 9.83. The van der Waals surface area contributed by atoms with E-state index in [0.717, 1.165) is 24.1 Å². The van der Waals surface area contributed by atoms with Crippen LogP contribution >= 0.6 is 0 Å². The Morgan fingerprint density at radius 1 is 1.38 bits per heavy atom. The van der Waals surface area contributed by atoms with E-state index in [1.807, 2.05) is 36.2 Å². The van der Waals surface area contributed by atoms with E-state index in [9.17, 15) is 4.79 Å². The molecule has 1 aromatic carbocycles. The summed E-state index contributed by atoms with van der Waals surface area (Å²) in [6.45, 7) is 6.53. The van der Waals surface area contributed by atoms with Gasteiger partial charge < -0.3 is 10.6 Å². The van der Waals surface area contributed by atoms with Gasteiger partial charge in [-0.1, -0.05) is 38.8 Å². The first-order valence-corrected chi connectivity index (χ1v) is 7.95. The minimum atomic E-state index is 0.0544. The molecular formula is C18H28N2O. The summed E-state index contributed by atoms with van der Waals surface area (Å²) in [4.78, 5) is 14.8. The number of amides is 1. The van der Waals surface area contributed by atoms with E-state index in [1.165, 1.54) is 12.8 Å². The minimum absolute atomic E-state index is 0.0544. The van der Waals surface area contributed by atoms with Crippen molar-refractivity contribution in [2.24, 2.45) is 11.3 Å². The molecule has 1 fully saturated rings. The number of anilines is 1. The Hall–Kier alpha value is -1.51. The number of benzene rings is 1. The molecule has 0 bridgehead atoms. The largest absolute Gasteiger partial charge is 0.399 e. The van der Waals surface area contributed by atoms with E-state index in [0.29, 0.717) is 0 Å². The van der Waals surface area contributed by atoms with Gasteiger partial charge in [0.1, 0.15) is 0 Å². The van der Waals surface area contributed by atoms with Gasteiger partial charge in [-0.05, 0) is 42.9 Å². The fourth-order valence-electron chi connectivity index (χ4n) is 3.43. The maximum absolute atomic E-state index is 12.9. The Morgan fingerprint density at radius 3 is 2.71 bits per heavy atom. The molecule has 116 valence electrons. The van der Waals surface area contributed by atoms with E-state index in [-0.39, 0.29) is 23.3 Å². The number of hydrogen-bond acceptors (Lipinski definition) is 2. The van der Waals surface area contributed by atoms with Crippen LogP contribution in [0.25, 0.3) is 0 Å². The quantitative estimate of drug-likeness (QED) is 0.854. The van der Waals surface area contributed by atoms with Gasteiger partial charge in [-0.15, -0.1) is 0 Å². The molecule has 2 unspecified atom stereocenters. The van der Waals surface area contributed by atoms with E-state index in [4.69, 9.17) is 5.73 Å². The van der Waals surface area contributed by atoms with Crippen LogP contribution < -0.4 is 5.73 Å². The van der Waals surface area contributed by atoms with Gasteiger partial charge in [0.15, 0.2) is 0 Å². The van der Waals surface area contributed by atoms with Crippen LogP contribution in [0.5, 0.6) is 0 Å². The van der Waals surface area contributed by atoms with Gasteiger partial charge in [0, 0.05) is 18.7 Å². The molecule has 3 nitrogen and oxygen atoms in total. The Kier molecular flexibility index (Phi) is 4.60. The highest BCUT2D eigenvalue weighted by Crippen LogP contribution is 2.42. The topological polar surface area (TPSA) is 46.3 Å². The highest BCUT2D eigenvalue weighted by molar-refractivity contribution is 5.80. The molecule has 1 aromatic rings. The van der Waals surface area contributed by atoms with Crippen molar-refractivity contribution in [3.05, 3.63) is 29.8 Å². The van der Waals surface area contributed by atoms with Crippen molar-refractivity contribution in [1.82, 2.24) is 4.90 Å². The molecule has 0 aliphatic heterocycles. The molecule has 0 spiro atoms. The number of carbonyl (C=O) groups excluding carboxylic acids is 1. The maximum atomic E-state index is 12.9. The number of nitrogens with two attached hydrogens (primary N) is 1. The van der Waals surface area contributed by atoms with Gasteiger partial charge in [-0.25, -0.2) is 0 Å². The smallest absolute Gasteiger partial charge is 0.226 e. The summed E-state index contributed by atoms with van der Waals surface area (Å²) in [5.41, 5.74) is 7.81.